The summed E-state index contributed by atoms with van der Waals surface area (Å²) in [5, 5.41) is 17.7. The quantitative estimate of drug-likeness (QED) is 0.537. The Hall–Kier alpha value is -1.23. The first-order chi connectivity index (χ1) is 4.72. The van der Waals surface area contributed by atoms with Crippen LogP contribution in [0, 0.1) is 0 Å². The molecule has 1 rings (SSSR count). The average Bonchev–Trinajstić information content (AvgIpc) is 1.88. The number of aromatic amines is 1. The Labute approximate surface area is 56.7 Å². The van der Waals surface area contributed by atoms with Crippen molar-refractivity contribution < 1.29 is 5.11 Å². The standard InChI is InChI=1S/C5H7N3O2/c1-3(9)4-2-6-8-7-5(4)10/h2-3,9H,1H3,(H,6,7,10). The second-order valence-corrected chi connectivity index (χ2v) is 1.92. The van der Waals surface area contributed by atoms with Crippen LogP contribution in [0.1, 0.15) is 18.6 Å². The average molecular weight is 141 g/mol. The van der Waals surface area contributed by atoms with E-state index < -0.39 is 11.7 Å². The lowest BCUT2D eigenvalue weighted by atomic mass is 10.2. The van der Waals surface area contributed by atoms with E-state index in [4.69, 9.17) is 5.11 Å². The van der Waals surface area contributed by atoms with Crippen LogP contribution in [0.25, 0.3) is 0 Å². The van der Waals surface area contributed by atoms with Crippen LogP contribution < -0.4 is 5.56 Å². The fraction of sp³-hybridized carbons (Fsp3) is 0.400. The van der Waals surface area contributed by atoms with Crippen LogP contribution in [0.15, 0.2) is 11.0 Å². The van der Waals surface area contributed by atoms with Gasteiger partial charge in [0.15, 0.2) is 0 Å². The van der Waals surface area contributed by atoms with Crippen molar-refractivity contribution in [1.29, 1.82) is 0 Å². The number of hydrogen-bond acceptors (Lipinski definition) is 4. The number of hydrogen-bond donors (Lipinski definition) is 2. The summed E-state index contributed by atoms with van der Waals surface area (Å²) in [4.78, 5) is 10.7. The predicted molar refractivity (Wildman–Crippen MR) is 33.3 cm³/mol. The maximum atomic E-state index is 10.7. The molecule has 10 heavy (non-hydrogen) atoms. The Morgan fingerprint density at radius 1 is 1.80 bits per heavy atom. The molecule has 2 N–H and O–H groups in total. The van der Waals surface area contributed by atoms with Gasteiger partial charge in [-0.3, -0.25) is 4.79 Å². The molecule has 0 aliphatic rings. The third-order valence-corrected chi connectivity index (χ3v) is 1.12. The fourth-order valence-electron chi connectivity index (χ4n) is 0.586. The Bertz CT molecular complexity index is 268. The maximum Gasteiger partial charge on any atom is 0.272 e. The second kappa shape index (κ2) is 2.57. The smallest absolute Gasteiger partial charge is 0.272 e. The van der Waals surface area contributed by atoms with Gasteiger partial charge in [0.1, 0.15) is 0 Å². The number of nitrogens with one attached hydrogen (secondary N) is 1. The van der Waals surface area contributed by atoms with E-state index in [1.54, 1.807) is 0 Å². The first-order valence-electron chi connectivity index (χ1n) is 2.80. The van der Waals surface area contributed by atoms with Crippen molar-refractivity contribution in [3.05, 3.63) is 22.1 Å². The monoisotopic (exact) mass is 141 g/mol. The topological polar surface area (TPSA) is 78.9 Å². The lowest BCUT2D eigenvalue weighted by molar-refractivity contribution is 0.196. The molecule has 1 heterocycles. The molecule has 0 saturated heterocycles. The summed E-state index contributed by atoms with van der Waals surface area (Å²) >= 11 is 0. The highest BCUT2D eigenvalue weighted by Crippen LogP contribution is 2.01. The summed E-state index contributed by atoms with van der Waals surface area (Å²) in [7, 11) is 0. The summed E-state index contributed by atoms with van der Waals surface area (Å²) in [5.74, 6) is 0. The molecule has 5 nitrogen and oxygen atoms in total. The third kappa shape index (κ3) is 1.19. The van der Waals surface area contributed by atoms with Gasteiger partial charge in [0, 0.05) is 0 Å². The van der Waals surface area contributed by atoms with Crippen molar-refractivity contribution in [3.63, 3.8) is 0 Å². The van der Waals surface area contributed by atoms with E-state index in [0.717, 1.165) is 0 Å². The van der Waals surface area contributed by atoms with Crippen molar-refractivity contribution >= 4 is 0 Å². The number of aliphatic hydroxyl groups is 1. The molecule has 1 atom stereocenters. The molecule has 0 amide bonds. The third-order valence-electron chi connectivity index (χ3n) is 1.12. The molecule has 0 fully saturated rings. The SMILES string of the molecule is CC(O)c1cnn[nH]c1=O. The van der Waals surface area contributed by atoms with Crippen LogP contribution in [0.4, 0.5) is 0 Å². The van der Waals surface area contributed by atoms with Gasteiger partial charge in [-0.05, 0) is 6.92 Å². The van der Waals surface area contributed by atoms with Crippen LogP contribution in [-0.2, 0) is 0 Å². The molecule has 0 spiro atoms. The molecule has 0 radical (unpaired) electrons. The molecule has 1 aromatic rings. The molecular formula is C5H7N3O2. The predicted octanol–water partition coefficient (Wildman–Crippen LogP) is -0.782. The zero-order valence-electron chi connectivity index (χ0n) is 5.40. The number of aliphatic hydroxyl groups excluding tert-OH is 1. The highest BCUT2D eigenvalue weighted by molar-refractivity contribution is 5.03. The summed E-state index contributed by atoms with van der Waals surface area (Å²) in [6.45, 7) is 1.49. The molecular weight excluding hydrogens is 134 g/mol. The highest BCUT2D eigenvalue weighted by atomic mass is 16.3. The minimum absolute atomic E-state index is 0.231. The van der Waals surface area contributed by atoms with E-state index in [1.807, 2.05) is 0 Å². The summed E-state index contributed by atoms with van der Waals surface area (Å²) < 4.78 is 0. The molecule has 0 bridgehead atoms. The van der Waals surface area contributed by atoms with Crippen molar-refractivity contribution in [1.82, 2.24) is 15.4 Å². The Morgan fingerprint density at radius 3 is 2.90 bits per heavy atom. The van der Waals surface area contributed by atoms with Crippen LogP contribution in [-0.4, -0.2) is 20.5 Å². The van der Waals surface area contributed by atoms with Crippen LogP contribution in [0.5, 0.6) is 0 Å². The normalized spacial score (nSPS) is 13.0. The molecule has 1 aromatic heterocycles. The summed E-state index contributed by atoms with van der Waals surface area (Å²) in [6, 6.07) is 0. The van der Waals surface area contributed by atoms with Gasteiger partial charge in [-0.25, -0.2) is 5.10 Å². The summed E-state index contributed by atoms with van der Waals surface area (Å²) in [5.41, 5.74) is -0.167. The molecule has 0 saturated carbocycles. The van der Waals surface area contributed by atoms with Crippen LogP contribution in [0.2, 0.25) is 0 Å². The Kier molecular flexibility index (Phi) is 1.77. The van der Waals surface area contributed by atoms with Crippen molar-refractivity contribution in [3.8, 4) is 0 Å². The van der Waals surface area contributed by atoms with Gasteiger partial charge in [0.25, 0.3) is 5.56 Å². The van der Waals surface area contributed by atoms with E-state index in [0.29, 0.717) is 0 Å². The molecule has 0 aromatic carbocycles. The van der Waals surface area contributed by atoms with Crippen molar-refractivity contribution in [2.24, 2.45) is 0 Å². The van der Waals surface area contributed by atoms with Gasteiger partial charge in [0.2, 0.25) is 0 Å². The second-order valence-electron chi connectivity index (χ2n) is 1.92. The van der Waals surface area contributed by atoms with Crippen LogP contribution >= 0.6 is 0 Å². The lowest BCUT2D eigenvalue weighted by Crippen LogP contribution is -2.16. The molecule has 1 unspecified atom stereocenters. The first-order valence-corrected chi connectivity index (χ1v) is 2.80. The van der Waals surface area contributed by atoms with Gasteiger partial charge in [0.05, 0.1) is 17.9 Å². The zero-order chi connectivity index (χ0) is 7.56. The van der Waals surface area contributed by atoms with Gasteiger partial charge in [-0.2, -0.15) is 0 Å². The number of nitrogens with zero attached hydrogens (tertiary/aromatic N) is 2. The van der Waals surface area contributed by atoms with Gasteiger partial charge < -0.3 is 5.11 Å². The van der Waals surface area contributed by atoms with Gasteiger partial charge in [-0.15, -0.1) is 5.10 Å². The molecule has 0 aliphatic carbocycles. The van der Waals surface area contributed by atoms with E-state index in [-0.39, 0.29) is 5.56 Å². The minimum atomic E-state index is -0.792. The van der Waals surface area contributed by atoms with E-state index in [2.05, 4.69) is 15.4 Å². The number of rotatable bonds is 1. The minimum Gasteiger partial charge on any atom is -0.388 e. The molecule has 54 valence electrons. The zero-order valence-corrected chi connectivity index (χ0v) is 5.40. The van der Waals surface area contributed by atoms with E-state index in [1.165, 1.54) is 13.1 Å². The molecule has 0 aliphatic heterocycles. The fourth-order valence-corrected chi connectivity index (χ4v) is 0.586. The summed E-state index contributed by atoms with van der Waals surface area (Å²) in [6.07, 6.45) is 0.447. The largest absolute Gasteiger partial charge is 0.388 e. The van der Waals surface area contributed by atoms with Crippen LogP contribution in [0.3, 0.4) is 0 Å². The van der Waals surface area contributed by atoms with Crippen molar-refractivity contribution in [2.45, 2.75) is 13.0 Å². The molecule has 5 heteroatoms. The highest BCUT2D eigenvalue weighted by Gasteiger charge is 2.04. The Balaban J connectivity index is 3.16. The van der Waals surface area contributed by atoms with E-state index in [9.17, 15) is 4.79 Å². The van der Waals surface area contributed by atoms with E-state index >= 15 is 0 Å². The Morgan fingerprint density at radius 2 is 2.50 bits per heavy atom. The number of aromatic nitrogens is 3. The van der Waals surface area contributed by atoms with Gasteiger partial charge in [-0.1, -0.05) is 5.21 Å². The first kappa shape index (κ1) is 6.88. The van der Waals surface area contributed by atoms with Crippen molar-refractivity contribution in [2.75, 3.05) is 0 Å². The maximum absolute atomic E-state index is 10.7. The van der Waals surface area contributed by atoms with Gasteiger partial charge >= 0.3 is 0 Å². The number of H-pyrrole nitrogens is 1. The lowest BCUT2D eigenvalue weighted by Gasteiger charge is -1.98.